The van der Waals surface area contributed by atoms with Gasteiger partial charge in [-0.2, -0.15) is 0 Å². The number of aryl methyl sites for hydroxylation is 1. The molecule has 2 fully saturated rings. The van der Waals surface area contributed by atoms with Crippen LogP contribution < -0.4 is 4.90 Å². The highest BCUT2D eigenvalue weighted by atomic mass is 16.2. The molecule has 2 aromatic rings. The number of benzene rings is 2. The van der Waals surface area contributed by atoms with Gasteiger partial charge in [0.1, 0.15) is 6.04 Å². The Morgan fingerprint density at radius 2 is 1.64 bits per heavy atom. The van der Waals surface area contributed by atoms with Crippen LogP contribution in [-0.4, -0.2) is 34.7 Å². The highest BCUT2D eigenvalue weighted by molar-refractivity contribution is 6.23. The number of carbonyl (C=O) groups is 3. The zero-order chi connectivity index (χ0) is 23.5. The zero-order valence-electron chi connectivity index (χ0n) is 19.9. The van der Waals surface area contributed by atoms with Crippen LogP contribution >= 0.6 is 0 Å². The molecule has 2 aliphatic rings. The number of amides is 3. The molecule has 1 aliphatic carbocycles. The van der Waals surface area contributed by atoms with Crippen LogP contribution in [0.2, 0.25) is 0 Å². The van der Waals surface area contributed by atoms with E-state index in [4.69, 9.17) is 0 Å². The van der Waals surface area contributed by atoms with Crippen LogP contribution in [0.1, 0.15) is 86.2 Å². The Labute approximate surface area is 196 Å². The monoisotopic (exact) mass is 446 g/mol. The molecule has 0 radical (unpaired) electrons. The second-order valence-corrected chi connectivity index (χ2v) is 9.76. The minimum atomic E-state index is -0.751. The molecule has 1 saturated heterocycles. The van der Waals surface area contributed by atoms with E-state index in [1.807, 2.05) is 55.5 Å². The summed E-state index contributed by atoms with van der Waals surface area (Å²) in [7, 11) is 0. The second kappa shape index (κ2) is 9.90. The molecule has 1 atom stereocenters. The van der Waals surface area contributed by atoms with E-state index in [2.05, 4.69) is 13.8 Å². The standard InChI is InChI=1S/C28H34N2O3/c1-19(2)21-13-15-24(16-14-21)30-26(31)18-25(28(30)33)29(23-11-6-4-5-7-12-23)27(32)22-10-8-9-20(3)17-22/h8-10,13-17,19,23,25H,4-7,11-12,18H2,1-3H3. The smallest absolute Gasteiger partial charge is 0.257 e. The molecule has 1 unspecified atom stereocenters. The van der Waals surface area contributed by atoms with E-state index in [9.17, 15) is 14.4 Å². The molecule has 0 bridgehead atoms. The maximum Gasteiger partial charge on any atom is 0.257 e. The van der Waals surface area contributed by atoms with Crippen molar-refractivity contribution >= 4 is 23.4 Å². The Morgan fingerprint density at radius 3 is 2.24 bits per heavy atom. The quantitative estimate of drug-likeness (QED) is 0.443. The van der Waals surface area contributed by atoms with Gasteiger partial charge in [-0.05, 0) is 55.5 Å². The first-order valence-corrected chi connectivity index (χ1v) is 12.2. The van der Waals surface area contributed by atoms with Crippen molar-refractivity contribution in [3.05, 3.63) is 65.2 Å². The maximum atomic E-state index is 13.8. The molecule has 2 aromatic carbocycles. The van der Waals surface area contributed by atoms with E-state index >= 15 is 0 Å². The normalized spacial score (nSPS) is 19.8. The summed E-state index contributed by atoms with van der Waals surface area (Å²) in [6.07, 6.45) is 6.16. The first-order chi connectivity index (χ1) is 15.9. The molecule has 1 aliphatic heterocycles. The maximum absolute atomic E-state index is 13.8. The topological polar surface area (TPSA) is 57.7 Å². The molecule has 5 nitrogen and oxygen atoms in total. The van der Waals surface area contributed by atoms with E-state index in [0.29, 0.717) is 17.2 Å². The third kappa shape index (κ3) is 4.87. The van der Waals surface area contributed by atoms with Crippen molar-refractivity contribution in [2.24, 2.45) is 0 Å². The highest BCUT2D eigenvalue weighted by Crippen LogP contribution is 2.32. The van der Waals surface area contributed by atoms with Crippen LogP contribution in [-0.2, 0) is 9.59 Å². The third-order valence-electron chi connectivity index (χ3n) is 6.99. The molecule has 1 heterocycles. The summed E-state index contributed by atoms with van der Waals surface area (Å²) >= 11 is 0. The van der Waals surface area contributed by atoms with Crippen molar-refractivity contribution < 1.29 is 14.4 Å². The summed E-state index contributed by atoms with van der Waals surface area (Å²) in [6.45, 7) is 6.18. The van der Waals surface area contributed by atoms with Gasteiger partial charge in [0.25, 0.3) is 11.8 Å². The van der Waals surface area contributed by atoms with Crippen LogP contribution in [0.15, 0.2) is 48.5 Å². The Bertz CT molecular complexity index is 1020. The fraction of sp³-hybridized carbons (Fsp3) is 0.464. The van der Waals surface area contributed by atoms with Crippen molar-refractivity contribution in [1.82, 2.24) is 4.90 Å². The SMILES string of the molecule is Cc1cccc(C(=O)N(C2CCCCCC2)C2CC(=O)N(c3ccc(C(C)C)cc3)C2=O)c1. The molecule has 1 saturated carbocycles. The lowest BCUT2D eigenvalue weighted by atomic mass is 10.0. The van der Waals surface area contributed by atoms with Gasteiger partial charge in [-0.1, -0.05) is 69.4 Å². The Kier molecular flexibility index (Phi) is 6.96. The van der Waals surface area contributed by atoms with Crippen molar-refractivity contribution in [3.63, 3.8) is 0 Å². The van der Waals surface area contributed by atoms with Crippen molar-refractivity contribution in [2.45, 2.75) is 83.7 Å². The largest absolute Gasteiger partial charge is 0.323 e. The van der Waals surface area contributed by atoms with Gasteiger partial charge in [0, 0.05) is 11.6 Å². The number of nitrogens with zero attached hydrogens (tertiary/aromatic N) is 2. The van der Waals surface area contributed by atoms with Crippen LogP contribution in [0.4, 0.5) is 5.69 Å². The van der Waals surface area contributed by atoms with Gasteiger partial charge in [0.05, 0.1) is 12.1 Å². The number of hydrogen-bond donors (Lipinski definition) is 0. The third-order valence-corrected chi connectivity index (χ3v) is 6.99. The van der Waals surface area contributed by atoms with Crippen molar-refractivity contribution in [3.8, 4) is 0 Å². The number of anilines is 1. The minimum absolute atomic E-state index is 0.0227. The van der Waals surface area contributed by atoms with Gasteiger partial charge in [-0.3, -0.25) is 14.4 Å². The van der Waals surface area contributed by atoms with E-state index in [-0.39, 0.29) is 30.2 Å². The Morgan fingerprint density at radius 1 is 0.970 bits per heavy atom. The fourth-order valence-corrected chi connectivity index (χ4v) is 5.14. The average Bonchev–Trinajstić information content (AvgIpc) is 2.96. The van der Waals surface area contributed by atoms with E-state index in [1.54, 1.807) is 4.90 Å². The molecule has 0 N–H and O–H groups in total. The molecule has 4 rings (SSSR count). The van der Waals surface area contributed by atoms with Crippen LogP contribution in [0.5, 0.6) is 0 Å². The van der Waals surface area contributed by atoms with E-state index in [0.717, 1.165) is 49.7 Å². The number of imide groups is 1. The van der Waals surface area contributed by atoms with Gasteiger partial charge >= 0.3 is 0 Å². The first-order valence-electron chi connectivity index (χ1n) is 12.2. The predicted molar refractivity (Wildman–Crippen MR) is 130 cm³/mol. The summed E-state index contributed by atoms with van der Waals surface area (Å²) in [4.78, 5) is 43.5. The molecule has 33 heavy (non-hydrogen) atoms. The summed E-state index contributed by atoms with van der Waals surface area (Å²) in [5.41, 5.74) is 3.33. The zero-order valence-corrected chi connectivity index (χ0v) is 19.9. The molecule has 0 aromatic heterocycles. The summed E-state index contributed by atoms with van der Waals surface area (Å²) < 4.78 is 0. The lowest BCUT2D eigenvalue weighted by Crippen LogP contribution is -2.50. The summed E-state index contributed by atoms with van der Waals surface area (Å²) in [5.74, 6) is -0.302. The number of hydrogen-bond acceptors (Lipinski definition) is 3. The lowest BCUT2D eigenvalue weighted by molar-refractivity contribution is -0.123. The highest BCUT2D eigenvalue weighted by Gasteiger charge is 2.46. The van der Waals surface area contributed by atoms with E-state index in [1.165, 1.54) is 4.90 Å². The molecule has 174 valence electrons. The van der Waals surface area contributed by atoms with Gasteiger partial charge < -0.3 is 4.90 Å². The van der Waals surface area contributed by atoms with Crippen molar-refractivity contribution in [2.75, 3.05) is 4.90 Å². The van der Waals surface area contributed by atoms with Crippen molar-refractivity contribution in [1.29, 1.82) is 0 Å². The molecular weight excluding hydrogens is 412 g/mol. The lowest BCUT2D eigenvalue weighted by Gasteiger charge is -2.35. The van der Waals surface area contributed by atoms with Gasteiger partial charge in [-0.25, -0.2) is 4.90 Å². The van der Waals surface area contributed by atoms with Crippen LogP contribution in [0.25, 0.3) is 0 Å². The Hall–Kier alpha value is -2.95. The number of carbonyl (C=O) groups excluding carboxylic acids is 3. The van der Waals surface area contributed by atoms with Gasteiger partial charge in [-0.15, -0.1) is 0 Å². The second-order valence-electron chi connectivity index (χ2n) is 9.76. The molecule has 0 spiro atoms. The summed E-state index contributed by atoms with van der Waals surface area (Å²) in [6, 6.07) is 14.3. The average molecular weight is 447 g/mol. The minimum Gasteiger partial charge on any atom is -0.323 e. The fourth-order valence-electron chi connectivity index (χ4n) is 5.14. The molecule has 5 heteroatoms. The van der Waals surface area contributed by atoms with E-state index < -0.39 is 6.04 Å². The van der Waals surface area contributed by atoms with Crippen LogP contribution in [0, 0.1) is 6.92 Å². The van der Waals surface area contributed by atoms with Gasteiger partial charge in [0.2, 0.25) is 5.91 Å². The number of rotatable bonds is 5. The summed E-state index contributed by atoms with van der Waals surface area (Å²) in [5, 5.41) is 0. The molecule has 3 amide bonds. The predicted octanol–water partition coefficient (Wildman–Crippen LogP) is 5.62. The first kappa shape index (κ1) is 23.2. The van der Waals surface area contributed by atoms with Gasteiger partial charge in [0.15, 0.2) is 0 Å². The van der Waals surface area contributed by atoms with Crippen LogP contribution in [0.3, 0.4) is 0 Å². The Balaban J connectivity index is 1.67. The molecular formula is C28H34N2O3.